The average molecular weight is 314 g/mol. The second-order valence-electron chi connectivity index (χ2n) is 5.78. The van der Waals surface area contributed by atoms with Crippen LogP contribution < -0.4 is 11.1 Å². The van der Waals surface area contributed by atoms with Crippen molar-refractivity contribution in [2.24, 2.45) is 17.6 Å². The van der Waals surface area contributed by atoms with Gasteiger partial charge in [0.15, 0.2) is 0 Å². The highest BCUT2D eigenvalue weighted by Crippen LogP contribution is 2.42. The summed E-state index contributed by atoms with van der Waals surface area (Å²) in [5.41, 5.74) is 7.74. The number of carbonyl (C=O) groups excluding carboxylic acids is 2. The molecule has 0 radical (unpaired) electrons. The summed E-state index contributed by atoms with van der Waals surface area (Å²) < 4.78 is 0. The van der Waals surface area contributed by atoms with Crippen LogP contribution in [-0.4, -0.2) is 11.8 Å². The standard InChI is InChI=1S/C17H18N2O2S/c1-9-8-12(9)16(21)19-17-14(15(18)20)13(10(2)22-17)11-6-4-3-5-7-11/h3-7,9,12H,8H2,1-2H3,(H2,18,20)(H,19,21)/t9-,12+/m0/s1. The number of nitrogens with one attached hydrogen (secondary N) is 1. The fourth-order valence-electron chi connectivity index (χ4n) is 2.71. The summed E-state index contributed by atoms with van der Waals surface area (Å²) in [4.78, 5) is 25.1. The van der Waals surface area contributed by atoms with Crippen molar-refractivity contribution in [3.8, 4) is 11.1 Å². The second-order valence-corrected chi connectivity index (χ2v) is 7.00. The van der Waals surface area contributed by atoms with E-state index in [1.165, 1.54) is 11.3 Å². The maximum absolute atomic E-state index is 12.2. The van der Waals surface area contributed by atoms with E-state index >= 15 is 0 Å². The fraction of sp³-hybridized carbons (Fsp3) is 0.294. The molecule has 3 rings (SSSR count). The maximum Gasteiger partial charge on any atom is 0.252 e. The van der Waals surface area contributed by atoms with Crippen molar-refractivity contribution in [3.63, 3.8) is 0 Å². The van der Waals surface area contributed by atoms with E-state index in [-0.39, 0.29) is 11.8 Å². The van der Waals surface area contributed by atoms with Gasteiger partial charge in [0.1, 0.15) is 5.00 Å². The minimum atomic E-state index is -0.512. The maximum atomic E-state index is 12.2. The SMILES string of the molecule is Cc1sc(NC(=O)[C@@H]2C[C@@H]2C)c(C(N)=O)c1-c1ccccc1. The Hall–Kier alpha value is -2.14. The van der Waals surface area contributed by atoms with Gasteiger partial charge in [-0.2, -0.15) is 0 Å². The van der Waals surface area contributed by atoms with Gasteiger partial charge in [-0.1, -0.05) is 37.3 Å². The normalized spacial score (nSPS) is 19.7. The molecule has 2 atom stereocenters. The molecule has 1 heterocycles. The Balaban J connectivity index is 2.01. The Labute approximate surface area is 133 Å². The summed E-state index contributed by atoms with van der Waals surface area (Å²) in [6.07, 6.45) is 0.910. The van der Waals surface area contributed by atoms with Crippen LogP contribution in [0.5, 0.6) is 0 Å². The zero-order valence-corrected chi connectivity index (χ0v) is 13.4. The molecule has 3 N–H and O–H groups in total. The smallest absolute Gasteiger partial charge is 0.252 e. The van der Waals surface area contributed by atoms with Crippen LogP contribution in [0.3, 0.4) is 0 Å². The van der Waals surface area contributed by atoms with E-state index in [1.54, 1.807) is 0 Å². The number of amides is 2. The van der Waals surface area contributed by atoms with Gasteiger partial charge >= 0.3 is 0 Å². The van der Waals surface area contributed by atoms with E-state index in [0.717, 1.165) is 22.4 Å². The Morgan fingerprint density at radius 2 is 1.91 bits per heavy atom. The molecule has 0 aliphatic heterocycles. The third-order valence-electron chi connectivity index (χ3n) is 4.08. The molecule has 0 unspecified atom stereocenters. The minimum Gasteiger partial charge on any atom is -0.365 e. The zero-order chi connectivity index (χ0) is 15.9. The number of thiophene rings is 1. The van der Waals surface area contributed by atoms with E-state index < -0.39 is 5.91 Å². The number of primary amides is 1. The molecule has 4 nitrogen and oxygen atoms in total. The largest absolute Gasteiger partial charge is 0.365 e. The molecule has 1 aromatic heterocycles. The predicted molar refractivity (Wildman–Crippen MR) is 88.9 cm³/mol. The van der Waals surface area contributed by atoms with Crippen LogP contribution in [0.25, 0.3) is 11.1 Å². The van der Waals surface area contributed by atoms with Gasteiger partial charge in [-0.05, 0) is 24.8 Å². The number of nitrogens with two attached hydrogens (primary N) is 1. The van der Waals surface area contributed by atoms with Gasteiger partial charge in [-0.25, -0.2) is 0 Å². The molecule has 1 fully saturated rings. The molecule has 114 valence electrons. The highest BCUT2D eigenvalue weighted by Gasteiger charge is 2.39. The predicted octanol–water partition coefficient (Wildman–Crippen LogP) is 3.42. The molecule has 1 aliphatic carbocycles. The molecule has 1 aromatic carbocycles. The zero-order valence-electron chi connectivity index (χ0n) is 12.6. The first-order valence-corrected chi connectivity index (χ1v) is 8.10. The van der Waals surface area contributed by atoms with Crippen molar-refractivity contribution >= 4 is 28.2 Å². The van der Waals surface area contributed by atoms with Crippen LogP contribution in [0.2, 0.25) is 0 Å². The Morgan fingerprint density at radius 1 is 1.27 bits per heavy atom. The summed E-state index contributed by atoms with van der Waals surface area (Å²) in [5, 5.41) is 3.46. The highest BCUT2D eigenvalue weighted by atomic mass is 32.1. The van der Waals surface area contributed by atoms with Crippen molar-refractivity contribution < 1.29 is 9.59 Å². The van der Waals surface area contributed by atoms with Gasteiger partial charge in [0.25, 0.3) is 5.91 Å². The molecule has 0 saturated heterocycles. The lowest BCUT2D eigenvalue weighted by molar-refractivity contribution is -0.117. The Bertz CT molecular complexity index is 737. The number of aryl methyl sites for hydroxylation is 1. The van der Waals surface area contributed by atoms with E-state index in [4.69, 9.17) is 5.73 Å². The minimum absolute atomic E-state index is 0.0177. The molecule has 1 saturated carbocycles. The van der Waals surface area contributed by atoms with Crippen molar-refractivity contribution in [1.82, 2.24) is 0 Å². The summed E-state index contributed by atoms with van der Waals surface area (Å²) in [6.45, 7) is 3.99. The first-order valence-electron chi connectivity index (χ1n) is 7.28. The van der Waals surface area contributed by atoms with E-state index in [1.807, 2.05) is 44.2 Å². The molecular formula is C17H18N2O2S. The van der Waals surface area contributed by atoms with Crippen molar-refractivity contribution in [3.05, 3.63) is 40.8 Å². The molecule has 0 spiro atoms. The third kappa shape index (κ3) is 2.64. The van der Waals surface area contributed by atoms with Crippen LogP contribution in [-0.2, 0) is 4.79 Å². The third-order valence-corrected chi connectivity index (χ3v) is 5.10. The summed E-state index contributed by atoms with van der Waals surface area (Å²) in [7, 11) is 0. The number of hydrogen-bond donors (Lipinski definition) is 2. The van der Waals surface area contributed by atoms with E-state index in [2.05, 4.69) is 5.32 Å². The Kier molecular flexibility index (Phi) is 3.74. The molecule has 2 aromatic rings. The fourth-order valence-corrected chi connectivity index (χ4v) is 3.80. The lowest BCUT2D eigenvalue weighted by Crippen LogP contribution is -2.18. The number of benzene rings is 1. The van der Waals surface area contributed by atoms with Crippen LogP contribution in [0.1, 0.15) is 28.6 Å². The number of hydrogen-bond acceptors (Lipinski definition) is 3. The van der Waals surface area contributed by atoms with Gasteiger partial charge in [0.2, 0.25) is 5.91 Å². The van der Waals surface area contributed by atoms with Gasteiger partial charge in [0, 0.05) is 16.4 Å². The molecule has 5 heteroatoms. The second kappa shape index (κ2) is 5.57. The molecular weight excluding hydrogens is 296 g/mol. The Morgan fingerprint density at radius 3 is 2.45 bits per heavy atom. The van der Waals surface area contributed by atoms with Crippen LogP contribution in [0.15, 0.2) is 30.3 Å². The van der Waals surface area contributed by atoms with Crippen molar-refractivity contribution in [2.75, 3.05) is 5.32 Å². The van der Waals surface area contributed by atoms with Crippen molar-refractivity contribution in [2.45, 2.75) is 20.3 Å². The van der Waals surface area contributed by atoms with Crippen LogP contribution in [0.4, 0.5) is 5.00 Å². The number of carbonyl (C=O) groups is 2. The lowest BCUT2D eigenvalue weighted by Gasteiger charge is -2.06. The van der Waals surface area contributed by atoms with E-state index in [0.29, 0.717) is 16.5 Å². The topological polar surface area (TPSA) is 72.2 Å². The molecule has 22 heavy (non-hydrogen) atoms. The molecule has 0 bridgehead atoms. The molecule has 1 aliphatic rings. The summed E-state index contributed by atoms with van der Waals surface area (Å²) >= 11 is 1.41. The number of rotatable bonds is 4. The molecule has 2 amide bonds. The quantitative estimate of drug-likeness (QED) is 0.907. The van der Waals surface area contributed by atoms with Crippen molar-refractivity contribution in [1.29, 1.82) is 0 Å². The van der Waals surface area contributed by atoms with Crippen LogP contribution >= 0.6 is 11.3 Å². The summed E-state index contributed by atoms with van der Waals surface area (Å²) in [6, 6.07) is 9.64. The first-order chi connectivity index (χ1) is 10.5. The average Bonchev–Trinajstić information content (AvgIpc) is 3.12. The van der Waals surface area contributed by atoms with Gasteiger partial charge in [0.05, 0.1) is 5.56 Å². The summed E-state index contributed by atoms with van der Waals surface area (Å²) in [5.74, 6) is -0.0480. The first kappa shape index (κ1) is 14.8. The van der Waals surface area contributed by atoms with E-state index in [9.17, 15) is 9.59 Å². The highest BCUT2D eigenvalue weighted by molar-refractivity contribution is 7.17. The number of anilines is 1. The monoisotopic (exact) mass is 314 g/mol. The van der Waals surface area contributed by atoms with Gasteiger partial charge < -0.3 is 11.1 Å². The van der Waals surface area contributed by atoms with Gasteiger partial charge in [-0.3, -0.25) is 9.59 Å². The lowest BCUT2D eigenvalue weighted by atomic mass is 10.0. The van der Waals surface area contributed by atoms with Gasteiger partial charge in [-0.15, -0.1) is 11.3 Å². The van der Waals surface area contributed by atoms with Crippen LogP contribution in [0, 0.1) is 18.8 Å².